The summed E-state index contributed by atoms with van der Waals surface area (Å²) in [5, 5.41) is 5.39. The Morgan fingerprint density at radius 2 is 2.06 bits per heavy atom. The molecule has 1 aliphatic heterocycles. The SMILES string of the molecule is CC(C)NC1C(=O)Nc2cc(F)cc(F)c21. The molecular weight excluding hydrogens is 214 g/mol. The lowest BCUT2D eigenvalue weighted by molar-refractivity contribution is -0.117. The highest BCUT2D eigenvalue weighted by Crippen LogP contribution is 2.33. The Morgan fingerprint density at radius 1 is 1.38 bits per heavy atom. The van der Waals surface area contributed by atoms with Crippen molar-refractivity contribution in [3.05, 3.63) is 29.3 Å². The minimum atomic E-state index is -0.740. The summed E-state index contributed by atoms with van der Waals surface area (Å²) in [6, 6.07) is 1.20. The molecular formula is C11H12F2N2O. The van der Waals surface area contributed by atoms with Crippen molar-refractivity contribution in [3.63, 3.8) is 0 Å². The van der Waals surface area contributed by atoms with Crippen molar-refractivity contribution in [1.29, 1.82) is 0 Å². The number of carbonyl (C=O) groups excluding carboxylic acids is 1. The normalized spacial score (nSPS) is 18.8. The Morgan fingerprint density at radius 3 is 2.69 bits per heavy atom. The molecule has 1 amide bonds. The van der Waals surface area contributed by atoms with E-state index in [2.05, 4.69) is 10.6 Å². The van der Waals surface area contributed by atoms with Crippen LogP contribution in [-0.4, -0.2) is 11.9 Å². The average Bonchev–Trinajstić information content (AvgIpc) is 2.41. The first-order valence-electron chi connectivity index (χ1n) is 5.05. The predicted molar refractivity (Wildman–Crippen MR) is 56.0 cm³/mol. The van der Waals surface area contributed by atoms with E-state index in [1.54, 1.807) is 0 Å². The van der Waals surface area contributed by atoms with Gasteiger partial charge in [-0.1, -0.05) is 0 Å². The number of hydrogen-bond donors (Lipinski definition) is 2. The molecule has 0 fully saturated rings. The Labute approximate surface area is 91.8 Å². The van der Waals surface area contributed by atoms with Gasteiger partial charge < -0.3 is 5.32 Å². The number of carbonyl (C=O) groups is 1. The van der Waals surface area contributed by atoms with Gasteiger partial charge in [0.25, 0.3) is 0 Å². The molecule has 1 heterocycles. The van der Waals surface area contributed by atoms with E-state index in [0.29, 0.717) is 0 Å². The van der Waals surface area contributed by atoms with Gasteiger partial charge >= 0.3 is 0 Å². The third-order valence-corrected chi connectivity index (χ3v) is 2.40. The second-order valence-corrected chi connectivity index (χ2v) is 4.09. The summed E-state index contributed by atoms with van der Waals surface area (Å²) in [7, 11) is 0. The maximum Gasteiger partial charge on any atom is 0.246 e. The summed E-state index contributed by atoms with van der Waals surface area (Å²) < 4.78 is 26.5. The highest BCUT2D eigenvalue weighted by atomic mass is 19.1. The van der Waals surface area contributed by atoms with E-state index < -0.39 is 17.7 Å². The van der Waals surface area contributed by atoms with Gasteiger partial charge in [-0.2, -0.15) is 0 Å². The van der Waals surface area contributed by atoms with Crippen molar-refractivity contribution in [3.8, 4) is 0 Å². The molecule has 0 aliphatic carbocycles. The lowest BCUT2D eigenvalue weighted by atomic mass is 10.1. The lowest BCUT2D eigenvalue weighted by Crippen LogP contribution is -2.33. The fraction of sp³-hybridized carbons (Fsp3) is 0.364. The van der Waals surface area contributed by atoms with Crippen molar-refractivity contribution >= 4 is 11.6 Å². The monoisotopic (exact) mass is 226 g/mol. The largest absolute Gasteiger partial charge is 0.324 e. The van der Waals surface area contributed by atoms with Crippen molar-refractivity contribution in [1.82, 2.24) is 5.32 Å². The van der Waals surface area contributed by atoms with Crippen molar-refractivity contribution in [2.45, 2.75) is 25.9 Å². The highest BCUT2D eigenvalue weighted by molar-refractivity contribution is 6.02. The van der Waals surface area contributed by atoms with E-state index >= 15 is 0 Å². The van der Waals surface area contributed by atoms with Gasteiger partial charge in [0.2, 0.25) is 5.91 Å². The molecule has 0 radical (unpaired) electrons. The van der Waals surface area contributed by atoms with E-state index in [1.807, 2.05) is 13.8 Å². The van der Waals surface area contributed by atoms with Gasteiger partial charge in [0, 0.05) is 17.7 Å². The molecule has 2 N–H and O–H groups in total. The predicted octanol–water partition coefficient (Wildman–Crippen LogP) is 1.96. The molecule has 0 aromatic heterocycles. The molecule has 16 heavy (non-hydrogen) atoms. The summed E-state index contributed by atoms with van der Waals surface area (Å²) in [5.41, 5.74) is 0.403. The molecule has 2 rings (SSSR count). The Kier molecular flexibility index (Phi) is 2.63. The smallest absolute Gasteiger partial charge is 0.246 e. The third-order valence-electron chi connectivity index (χ3n) is 2.40. The van der Waals surface area contributed by atoms with Crippen LogP contribution in [0.4, 0.5) is 14.5 Å². The zero-order chi connectivity index (χ0) is 11.9. The highest BCUT2D eigenvalue weighted by Gasteiger charge is 2.34. The van der Waals surface area contributed by atoms with E-state index in [-0.39, 0.29) is 23.2 Å². The van der Waals surface area contributed by atoms with Gasteiger partial charge in [-0.25, -0.2) is 8.78 Å². The zero-order valence-corrected chi connectivity index (χ0v) is 8.97. The second kappa shape index (κ2) is 3.83. The number of amides is 1. The number of rotatable bonds is 2. The Hall–Kier alpha value is -1.49. The quantitative estimate of drug-likeness (QED) is 0.809. The fourth-order valence-corrected chi connectivity index (χ4v) is 1.81. The van der Waals surface area contributed by atoms with Crippen LogP contribution in [0.15, 0.2) is 12.1 Å². The van der Waals surface area contributed by atoms with Crippen LogP contribution >= 0.6 is 0 Å². The number of fused-ring (bicyclic) bond motifs is 1. The summed E-state index contributed by atoms with van der Waals surface area (Å²) in [4.78, 5) is 11.6. The molecule has 1 aromatic carbocycles. The van der Waals surface area contributed by atoms with Gasteiger partial charge in [-0.05, 0) is 19.9 Å². The van der Waals surface area contributed by atoms with Crippen LogP contribution in [0.5, 0.6) is 0 Å². The topological polar surface area (TPSA) is 41.1 Å². The summed E-state index contributed by atoms with van der Waals surface area (Å²) in [5.74, 6) is -1.75. The van der Waals surface area contributed by atoms with Crippen LogP contribution in [0, 0.1) is 11.6 Å². The minimum Gasteiger partial charge on any atom is -0.324 e. The van der Waals surface area contributed by atoms with E-state index in [9.17, 15) is 13.6 Å². The number of nitrogens with one attached hydrogen (secondary N) is 2. The van der Waals surface area contributed by atoms with Gasteiger partial charge in [0.1, 0.15) is 17.7 Å². The molecule has 3 nitrogen and oxygen atoms in total. The van der Waals surface area contributed by atoms with Crippen molar-refractivity contribution in [2.24, 2.45) is 0 Å². The maximum absolute atomic E-state index is 13.6. The molecule has 1 aromatic rings. The van der Waals surface area contributed by atoms with E-state index in [0.717, 1.165) is 12.1 Å². The number of benzene rings is 1. The standard InChI is InChI=1S/C11H12F2N2O/c1-5(2)14-10-9-7(13)3-6(12)4-8(9)15-11(10)16/h3-5,10,14H,1-2H3,(H,15,16). The molecule has 0 saturated carbocycles. The Bertz CT molecular complexity index is 446. The van der Waals surface area contributed by atoms with Crippen LogP contribution in [-0.2, 0) is 4.79 Å². The van der Waals surface area contributed by atoms with E-state index in [4.69, 9.17) is 0 Å². The molecule has 0 bridgehead atoms. The van der Waals surface area contributed by atoms with Crippen LogP contribution in [0.1, 0.15) is 25.5 Å². The van der Waals surface area contributed by atoms with Gasteiger partial charge in [-0.3, -0.25) is 10.1 Å². The third kappa shape index (κ3) is 1.78. The summed E-state index contributed by atoms with van der Waals surface area (Å²) >= 11 is 0. The zero-order valence-electron chi connectivity index (χ0n) is 8.97. The summed E-state index contributed by atoms with van der Waals surface area (Å²) in [6.45, 7) is 3.71. The van der Waals surface area contributed by atoms with Crippen molar-refractivity contribution in [2.75, 3.05) is 5.32 Å². The first-order valence-corrected chi connectivity index (χ1v) is 5.05. The minimum absolute atomic E-state index is 0.0335. The van der Waals surface area contributed by atoms with Gasteiger partial charge in [0.05, 0.1) is 5.69 Å². The molecule has 1 unspecified atom stereocenters. The summed E-state index contributed by atoms with van der Waals surface area (Å²) in [6.07, 6.45) is 0. The second-order valence-electron chi connectivity index (χ2n) is 4.09. The average molecular weight is 226 g/mol. The van der Waals surface area contributed by atoms with Crippen LogP contribution in [0.2, 0.25) is 0 Å². The van der Waals surface area contributed by atoms with Crippen LogP contribution in [0.25, 0.3) is 0 Å². The fourth-order valence-electron chi connectivity index (χ4n) is 1.81. The molecule has 5 heteroatoms. The molecule has 0 spiro atoms. The molecule has 0 saturated heterocycles. The molecule has 1 aliphatic rings. The number of anilines is 1. The number of hydrogen-bond acceptors (Lipinski definition) is 2. The molecule has 86 valence electrons. The Balaban J connectivity index is 2.44. The first kappa shape index (κ1) is 11.0. The van der Waals surface area contributed by atoms with E-state index in [1.165, 1.54) is 0 Å². The maximum atomic E-state index is 13.6. The van der Waals surface area contributed by atoms with Crippen LogP contribution < -0.4 is 10.6 Å². The van der Waals surface area contributed by atoms with Gasteiger partial charge in [-0.15, -0.1) is 0 Å². The molecule has 1 atom stereocenters. The van der Waals surface area contributed by atoms with Crippen molar-refractivity contribution < 1.29 is 13.6 Å². The lowest BCUT2D eigenvalue weighted by Gasteiger charge is -2.14. The van der Waals surface area contributed by atoms with Gasteiger partial charge in [0.15, 0.2) is 0 Å². The van der Waals surface area contributed by atoms with Crippen LogP contribution in [0.3, 0.4) is 0 Å². The first-order chi connectivity index (χ1) is 7.49. The number of halogens is 2.